The highest BCUT2D eigenvalue weighted by Crippen LogP contribution is 2.22. The van der Waals surface area contributed by atoms with Crippen molar-refractivity contribution in [2.75, 3.05) is 6.54 Å². The number of benzene rings is 1. The molecule has 0 aliphatic heterocycles. The number of hydrogen-bond donors (Lipinski definition) is 1. The van der Waals surface area contributed by atoms with Crippen LogP contribution in [0.5, 0.6) is 0 Å². The van der Waals surface area contributed by atoms with Crippen LogP contribution in [-0.4, -0.2) is 25.3 Å². The predicted molar refractivity (Wildman–Crippen MR) is 73.7 cm³/mol. The maximum atomic E-state index is 12.6. The monoisotopic (exact) mass is 270 g/mol. The largest absolute Gasteiger partial charge is 0.326 e. The summed E-state index contributed by atoms with van der Waals surface area (Å²) >= 11 is 0. The van der Waals surface area contributed by atoms with E-state index in [1.54, 1.807) is 24.3 Å². The van der Waals surface area contributed by atoms with Gasteiger partial charge in [0.2, 0.25) is 10.0 Å². The number of nitrogens with zero attached hydrogens (tertiary/aromatic N) is 1. The highest BCUT2D eigenvalue weighted by atomic mass is 32.2. The van der Waals surface area contributed by atoms with Crippen molar-refractivity contribution in [3.63, 3.8) is 0 Å². The van der Waals surface area contributed by atoms with Gasteiger partial charge in [-0.3, -0.25) is 0 Å². The van der Waals surface area contributed by atoms with Crippen LogP contribution in [0.1, 0.15) is 32.8 Å². The molecule has 0 aromatic heterocycles. The number of hydrogen-bond acceptors (Lipinski definition) is 3. The Morgan fingerprint density at radius 2 is 1.89 bits per heavy atom. The van der Waals surface area contributed by atoms with Crippen LogP contribution in [0.2, 0.25) is 0 Å². The summed E-state index contributed by atoms with van der Waals surface area (Å²) in [7, 11) is -3.45. The van der Waals surface area contributed by atoms with Gasteiger partial charge in [-0.05, 0) is 25.0 Å². The Hall–Kier alpha value is -0.910. The van der Waals surface area contributed by atoms with Crippen molar-refractivity contribution in [2.45, 2.75) is 44.7 Å². The highest BCUT2D eigenvalue weighted by Gasteiger charge is 2.28. The molecule has 1 atom stereocenters. The molecule has 5 heteroatoms. The number of sulfonamides is 1. The Labute approximate surface area is 110 Å². The fourth-order valence-corrected chi connectivity index (χ4v) is 3.92. The first kappa shape index (κ1) is 15.1. The number of nitrogens with two attached hydrogens (primary N) is 1. The molecule has 0 spiro atoms. The van der Waals surface area contributed by atoms with Gasteiger partial charge in [-0.1, -0.05) is 32.0 Å². The predicted octanol–water partition coefficient (Wildman–Crippen LogP) is 1.95. The zero-order chi connectivity index (χ0) is 13.8. The van der Waals surface area contributed by atoms with Crippen molar-refractivity contribution in [3.8, 4) is 0 Å². The molecule has 4 nitrogen and oxygen atoms in total. The zero-order valence-corrected chi connectivity index (χ0v) is 12.1. The highest BCUT2D eigenvalue weighted by molar-refractivity contribution is 7.89. The van der Waals surface area contributed by atoms with E-state index in [2.05, 4.69) is 0 Å². The summed E-state index contributed by atoms with van der Waals surface area (Å²) in [5.41, 5.74) is 6.28. The lowest BCUT2D eigenvalue weighted by atomic mass is 10.2. The van der Waals surface area contributed by atoms with Gasteiger partial charge in [0.25, 0.3) is 0 Å². The molecule has 0 aliphatic rings. The Balaban J connectivity index is 3.27. The van der Waals surface area contributed by atoms with E-state index in [0.717, 1.165) is 6.42 Å². The summed E-state index contributed by atoms with van der Waals surface area (Å²) in [6.45, 7) is 6.46. The summed E-state index contributed by atoms with van der Waals surface area (Å²) < 4.78 is 26.8. The van der Waals surface area contributed by atoms with Gasteiger partial charge in [0.1, 0.15) is 0 Å². The fourth-order valence-electron chi connectivity index (χ4n) is 1.97. The van der Waals surface area contributed by atoms with Crippen molar-refractivity contribution < 1.29 is 8.42 Å². The Morgan fingerprint density at radius 3 is 2.39 bits per heavy atom. The fraction of sp³-hybridized carbons (Fsp3) is 0.538. The van der Waals surface area contributed by atoms with E-state index in [0.29, 0.717) is 17.0 Å². The maximum Gasteiger partial charge on any atom is 0.243 e. The van der Waals surface area contributed by atoms with Crippen LogP contribution in [-0.2, 0) is 16.6 Å². The van der Waals surface area contributed by atoms with Crippen LogP contribution >= 0.6 is 0 Å². The molecule has 2 N–H and O–H groups in total. The van der Waals surface area contributed by atoms with E-state index in [4.69, 9.17) is 5.73 Å². The Morgan fingerprint density at radius 1 is 1.28 bits per heavy atom. The summed E-state index contributed by atoms with van der Waals surface area (Å²) in [5, 5.41) is 0. The molecule has 1 aromatic rings. The lowest BCUT2D eigenvalue weighted by Crippen LogP contribution is -2.38. The first-order valence-corrected chi connectivity index (χ1v) is 7.72. The normalized spacial score (nSPS) is 13.8. The van der Waals surface area contributed by atoms with Crippen LogP contribution in [0.4, 0.5) is 0 Å². The van der Waals surface area contributed by atoms with Crippen molar-refractivity contribution in [1.82, 2.24) is 4.31 Å². The van der Waals surface area contributed by atoms with E-state index in [9.17, 15) is 8.42 Å². The molecule has 0 saturated carbocycles. The molecule has 1 unspecified atom stereocenters. The van der Waals surface area contributed by atoms with E-state index >= 15 is 0 Å². The Bertz CT molecular complexity index is 486. The van der Waals surface area contributed by atoms with Gasteiger partial charge in [-0.15, -0.1) is 0 Å². The van der Waals surface area contributed by atoms with E-state index in [1.165, 1.54) is 4.31 Å². The molecule has 0 heterocycles. The van der Waals surface area contributed by atoms with Crippen molar-refractivity contribution >= 4 is 10.0 Å². The molecule has 0 fully saturated rings. The second-order valence-electron chi connectivity index (χ2n) is 4.28. The van der Waals surface area contributed by atoms with Crippen molar-refractivity contribution in [1.29, 1.82) is 0 Å². The van der Waals surface area contributed by atoms with Crippen LogP contribution in [0, 0.1) is 0 Å². The number of rotatable bonds is 6. The summed E-state index contributed by atoms with van der Waals surface area (Å²) in [5.74, 6) is 0. The van der Waals surface area contributed by atoms with Gasteiger partial charge in [0.15, 0.2) is 0 Å². The van der Waals surface area contributed by atoms with Gasteiger partial charge >= 0.3 is 0 Å². The second-order valence-corrected chi connectivity index (χ2v) is 6.14. The minimum absolute atomic E-state index is 0.00849. The topological polar surface area (TPSA) is 63.4 Å². The molecule has 0 bridgehead atoms. The van der Waals surface area contributed by atoms with E-state index in [1.807, 2.05) is 20.8 Å². The summed E-state index contributed by atoms with van der Waals surface area (Å²) in [6, 6.07) is 6.92. The van der Waals surface area contributed by atoms with Crippen molar-refractivity contribution in [3.05, 3.63) is 29.8 Å². The average molecular weight is 270 g/mol. The molecular weight excluding hydrogens is 248 g/mol. The molecule has 0 radical (unpaired) electrons. The van der Waals surface area contributed by atoms with Gasteiger partial charge < -0.3 is 5.73 Å². The third-order valence-corrected chi connectivity index (χ3v) is 5.36. The van der Waals surface area contributed by atoms with Crippen LogP contribution in [0.15, 0.2) is 29.2 Å². The summed E-state index contributed by atoms with van der Waals surface area (Å²) in [6.07, 6.45) is 0.790. The molecule has 1 aromatic carbocycles. The standard InChI is InChI=1S/C13H22N2O2S/c1-4-11(3)15(5-2)18(16,17)13-9-7-6-8-12(13)10-14/h6-9,11H,4-5,10,14H2,1-3H3. The van der Waals surface area contributed by atoms with Crippen LogP contribution in [0.25, 0.3) is 0 Å². The molecule has 1 rings (SSSR count). The zero-order valence-electron chi connectivity index (χ0n) is 11.3. The Kier molecular flexibility index (Phi) is 5.31. The molecule has 0 saturated heterocycles. The van der Waals surface area contributed by atoms with Gasteiger partial charge in [0.05, 0.1) is 4.90 Å². The van der Waals surface area contributed by atoms with Gasteiger partial charge in [-0.2, -0.15) is 4.31 Å². The third kappa shape index (κ3) is 2.91. The first-order valence-electron chi connectivity index (χ1n) is 6.28. The lowest BCUT2D eigenvalue weighted by molar-refractivity contribution is 0.342. The van der Waals surface area contributed by atoms with Gasteiger partial charge in [-0.25, -0.2) is 8.42 Å². The third-order valence-electron chi connectivity index (χ3n) is 3.17. The quantitative estimate of drug-likeness (QED) is 0.859. The SMILES string of the molecule is CCC(C)N(CC)S(=O)(=O)c1ccccc1CN. The minimum atomic E-state index is -3.45. The summed E-state index contributed by atoms with van der Waals surface area (Å²) in [4.78, 5) is 0.328. The van der Waals surface area contributed by atoms with Gasteiger partial charge in [0, 0.05) is 19.1 Å². The van der Waals surface area contributed by atoms with Crippen LogP contribution in [0.3, 0.4) is 0 Å². The first-order chi connectivity index (χ1) is 8.48. The van der Waals surface area contributed by atoms with E-state index < -0.39 is 10.0 Å². The maximum absolute atomic E-state index is 12.6. The van der Waals surface area contributed by atoms with Crippen LogP contribution < -0.4 is 5.73 Å². The smallest absolute Gasteiger partial charge is 0.243 e. The molecule has 102 valence electrons. The minimum Gasteiger partial charge on any atom is -0.326 e. The second kappa shape index (κ2) is 6.31. The molecule has 0 aliphatic carbocycles. The molecule has 18 heavy (non-hydrogen) atoms. The molecule has 0 amide bonds. The lowest BCUT2D eigenvalue weighted by Gasteiger charge is -2.27. The average Bonchev–Trinajstić information content (AvgIpc) is 2.38. The van der Waals surface area contributed by atoms with Crippen molar-refractivity contribution in [2.24, 2.45) is 5.73 Å². The molecular formula is C13H22N2O2S. The van der Waals surface area contributed by atoms with E-state index in [-0.39, 0.29) is 12.6 Å².